The maximum atomic E-state index is 14.4. The van der Waals surface area contributed by atoms with Gasteiger partial charge in [-0.1, -0.05) is 98.7 Å². The largest absolute Gasteiger partial charge is 0.478 e. The van der Waals surface area contributed by atoms with E-state index in [4.69, 9.17) is 51.0 Å². The van der Waals surface area contributed by atoms with E-state index >= 15 is 0 Å². The minimum absolute atomic E-state index is 0.000606. The van der Waals surface area contributed by atoms with Crippen molar-refractivity contribution in [3.05, 3.63) is 107 Å². The number of unbranched alkanes of at least 4 members (excludes halogenated alkanes) is 6. The van der Waals surface area contributed by atoms with Gasteiger partial charge in [0, 0.05) is 28.4 Å². The number of ether oxygens (including phenoxy) is 9. The maximum Gasteiger partial charge on any atom is 0.335 e. The normalized spacial score (nSPS) is 27.6. The first kappa shape index (κ1) is 61.2. The van der Waals surface area contributed by atoms with E-state index in [0.717, 1.165) is 43.2 Å². The topological polar surface area (TPSA) is 207 Å². The molecular formula is C55H80O17S2. The lowest BCUT2D eigenvalue weighted by molar-refractivity contribution is -0.451. The molecule has 2 aliphatic heterocycles. The second-order valence-corrected chi connectivity index (χ2v) is 22.8. The molecule has 5 rings (SSSR count). The predicted octanol–water partition coefficient (Wildman–Crippen LogP) is 9.95. The third kappa shape index (κ3) is 15.7. The zero-order valence-electron chi connectivity index (χ0n) is 45.0. The van der Waals surface area contributed by atoms with Crippen LogP contribution >= 0.6 is 0 Å². The van der Waals surface area contributed by atoms with E-state index in [1.165, 1.54) is 77.7 Å². The first-order valence-corrected chi connectivity index (χ1v) is 28.3. The second kappa shape index (κ2) is 27.1. The minimum Gasteiger partial charge on any atom is -0.478 e. The molecule has 3 aromatic rings. The summed E-state index contributed by atoms with van der Waals surface area (Å²) < 4.78 is 126. The van der Waals surface area contributed by atoms with Crippen LogP contribution in [0.3, 0.4) is 0 Å². The van der Waals surface area contributed by atoms with Crippen molar-refractivity contribution in [3.63, 3.8) is 0 Å². The van der Waals surface area contributed by atoms with E-state index < -0.39 is 86.0 Å². The first-order valence-electron chi connectivity index (χ1n) is 25.5. The van der Waals surface area contributed by atoms with Crippen LogP contribution in [0.1, 0.15) is 132 Å². The lowest BCUT2D eigenvalue weighted by Crippen LogP contribution is -2.66. The van der Waals surface area contributed by atoms with Crippen molar-refractivity contribution in [2.75, 3.05) is 35.0 Å². The second-order valence-electron chi connectivity index (χ2n) is 19.6. The Kier molecular flexibility index (Phi) is 22.4. The SMILES string of the molecule is CCCCCCCC/C=C\[C@H]1O[C@](C)(OC)[C@@](C)(OC)O[C@@H]1CC[C@H](OS(=O)(=O)c1ccc(C)cc1)[C@H](CC[C@H]1O[C@](C)(OC)[C@@](C)(OC)O[C@@H]1COCc1ccc(C(=O)O)cc1)OS(=O)(=O)c1ccc(C)cc1. The summed E-state index contributed by atoms with van der Waals surface area (Å²) in [5.74, 6) is -6.84. The quantitative estimate of drug-likeness (QED) is 0.0374. The molecule has 1 N–H and O–H groups in total. The number of carbonyl (C=O) groups is 1. The van der Waals surface area contributed by atoms with Crippen LogP contribution in [0.15, 0.2) is 94.7 Å². The van der Waals surface area contributed by atoms with Crippen molar-refractivity contribution in [1.82, 2.24) is 0 Å². The highest BCUT2D eigenvalue weighted by atomic mass is 32.2. The molecule has 2 aliphatic rings. The molecule has 0 unspecified atom stereocenters. The summed E-state index contributed by atoms with van der Waals surface area (Å²) in [6, 6.07) is 18.5. The fourth-order valence-electron chi connectivity index (χ4n) is 8.96. The molecule has 17 nitrogen and oxygen atoms in total. The fraction of sp³-hybridized carbons (Fsp3) is 0.618. The number of methoxy groups -OCH3 is 4. The van der Waals surface area contributed by atoms with E-state index in [2.05, 4.69) is 6.92 Å². The Morgan fingerprint density at radius 2 is 1.04 bits per heavy atom. The number of hydrogen-bond donors (Lipinski definition) is 1. The van der Waals surface area contributed by atoms with Crippen molar-refractivity contribution in [2.24, 2.45) is 0 Å². The summed E-state index contributed by atoms with van der Waals surface area (Å²) in [4.78, 5) is 11.2. The molecule has 2 heterocycles. The van der Waals surface area contributed by atoms with Gasteiger partial charge in [-0.05, 0) is 122 Å². The highest BCUT2D eigenvalue weighted by molar-refractivity contribution is 7.87. The van der Waals surface area contributed by atoms with E-state index in [0.29, 0.717) is 5.56 Å². The summed E-state index contributed by atoms with van der Waals surface area (Å²) in [7, 11) is -3.32. The molecule has 19 heteroatoms. The van der Waals surface area contributed by atoms with E-state index in [-0.39, 0.29) is 54.3 Å². The van der Waals surface area contributed by atoms with Gasteiger partial charge in [0.1, 0.15) is 24.4 Å². The fourth-order valence-corrected chi connectivity index (χ4v) is 11.2. The first-order chi connectivity index (χ1) is 35.0. The molecule has 2 fully saturated rings. The molecule has 74 heavy (non-hydrogen) atoms. The van der Waals surface area contributed by atoms with Gasteiger partial charge in [0.15, 0.2) is 0 Å². The van der Waals surface area contributed by atoms with Gasteiger partial charge in [0.2, 0.25) is 23.1 Å². The Labute approximate surface area is 439 Å². The molecule has 414 valence electrons. The Morgan fingerprint density at radius 1 is 0.608 bits per heavy atom. The smallest absolute Gasteiger partial charge is 0.335 e. The standard InChI is InChI=1S/C55H80O17S2/c1-12-13-14-15-16-17-18-19-20-45-46(68-53(5,63-9)52(4,62-8)67-45)33-35-48(71-73(58,59)43-29-21-39(2)22-30-43)49(72-74(60,61)44-31-23-40(3)24-32-44)36-34-47-50(70-55(7,65-11)54(6,64-10)69-47)38-66-37-41-25-27-42(28-26-41)51(56)57/h19-32,45-50H,12-18,33-38H2,1-11H3,(H,56,57)/b20-19-/t45-,46-,47-,48+,49+,50-,52+,53+,54+,55+/m1/s1. The number of carboxylic acids is 1. The van der Waals surface area contributed by atoms with Crippen molar-refractivity contribution < 1.29 is 77.7 Å². The Bertz CT molecular complexity index is 2470. The molecule has 2 saturated heterocycles. The zero-order valence-corrected chi connectivity index (χ0v) is 46.7. The third-order valence-corrected chi connectivity index (χ3v) is 17.0. The molecule has 0 aliphatic carbocycles. The number of rotatable bonds is 30. The van der Waals surface area contributed by atoms with Gasteiger partial charge in [-0.15, -0.1) is 0 Å². The maximum absolute atomic E-state index is 14.4. The summed E-state index contributed by atoms with van der Waals surface area (Å²) >= 11 is 0. The van der Waals surface area contributed by atoms with Crippen LogP contribution in [0.2, 0.25) is 0 Å². The highest BCUT2D eigenvalue weighted by Crippen LogP contribution is 2.43. The summed E-state index contributed by atoms with van der Waals surface area (Å²) in [5, 5.41) is 9.39. The van der Waals surface area contributed by atoms with Crippen molar-refractivity contribution >= 4 is 26.2 Å². The van der Waals surface area contributed by atoms with E-state index in [1.54, 1.807) is 64.1 Å². The van der Waals surface area contributed by atoms with Crippen LogP contribution in [-0.4, -0.2) is 123 Å². The van der Waals surface area contributed by atoms with Gasteiger partial charge in [-0.3, -0.25) is 8.37 Å². The summed E-state index contributed by atoms with van der Waals surface area (Å²) in [6.07, 6.45) is 5.13. The molecule has 0 spiro atoms. The van der Waals surface area contributed by atoms with Crippen molar-refractivity contribution in [1.29, 1.82) is 0 Å². The number of allylic oxidation sites excluding steroid dienone is 1. The van der Waals surface area contributed by atoms with Crippen LogP contribution in [0.5, 0.6) is 0 Å². The van der Waals surface area contributed by atoms with Gasteiger partial charge in [-0.2, -0.15) is 16.8 Å². The van der Waals surface area contributed by atoms with Gasteiger partial charge < -0.3 is 47.7 Å². The molecule has 0 bridgehead atoms. The molecule has 0 radical (unpaired) electrons. The number of carboxylic acid groups (broad SMARTS) is 1. The van der Waals surface area contributed by atoms with Gasteiger partial charge >= 0.3 is 5.97 Å². The lowest BCUT2D eigenvalue weighted by Gasteiger charge is -2.52. The highest BCUT2D eigenvalue weighted by Gasteiger charge is 2.58. The molecular weight excluding hydrogens is 997 g/mol. The van der Waals surface area contributed by atoms with Gasteiger partial charge in [0.25, 0.3) is 20.2 Å². The number of aryl methyl sites for hydroxylation is 2. The monoisotopic (exact) mass is 1080 g/mol. The predicted molar refractivity (Wildman–Crippen MR) is 276 cm³/mol. The summed E-state index contributed by atoms with van der Waals surface area (Å²) in [5.41, 5.74) is 2.45. The van der Waals surface area contributed by atoms with Crippen LogP contribution in [0.4, 0.5) is 0 Å². The Hall–Kier alpha value is -3.67. The van der Waals surface area contributed by atoms with Crippen molar-refractivity contribution in [3.8, 4) is 0 Å². The third-order valence-electron chi connectivity index (χ3n) is 14.3. The van der Waals surface area contributed by atoms with Crippen LogP contribution < -0.4 is 0 Å². The number of hydrogen-bond acceptors (Lipinski definition) is 16. The average molecular weight is 1080 g/mol. The minimum atomic E-state index is -4.59. The molecule has 0 amide bonds. The number of benzene rings is 3. The Balaban J connectivity index is 1.54. The van der Waals surface area contributed by atoms with Crippen LogP contribution in [-0.2, 0) is 77.8 Å². The van der Waals surface area contributed by atoms with E-state index in [9.17, 15) is 26.7 Å². The van der Waals surface area contributed by atoms with Gasteiger partial charge in [-0.25, -0.2) is 4.79 Å². The van der Waals surface area contributed by atoms with Crippen LogP contribution in [0.25, 0.3) is 0 Å². The molecule has 0 saturated carbocycles. The van der Waals surface area contributed by atoms with E-state index in [1.807, 2.05) is 26.0 Å². The lowest BCUT2D eigenvalue weighted by atomic mass is 9.94. The molecule has 0 aromatic heterocycles. The van der Waals surface area contributed by atoms with Crippen molar-refractivity contribution in [2.45, 2.75) is 195 Å². The number of aromatic carboxylic acids is 1. The average Bonchev–Trinajstić information content (AvgIpc) is 3.37. The Morgan fingerprint density at radius 3 is 1.51 bits per heavy atom. The summed E-state index contributed by atoms with van der Waals surface area (Å²) in [6.45, 7) is 12.6. The molecule has 10 atom stereocenters. The molecule has 3 aromatic carbocycles. The van der Waals surface area contributed by atoms with Gasteiger partial charge in [0.05, 0.1) is 40.8 Å². The van der Waals surface area contributed by atoms with Crippen LogP contribution in [0, 0.1) is 13.8 Å². The zero-order chi connectivity index (χ0) is 54.4.